The number of halogens is 1. The molecule has 1 N–H and O–H groups in total. The Hall–Kier alpha value is -2.86. The van der Waals surface area contributed by atoms with Gasteiger partial charge in [-0.1, -0.05) is 29.8 Å². The molecule has 0 atom stereocenters. The first kappa shape index (κ1) is 18.5. The number of nitro benzene ring substituents is 1. The van der Waals surface area contributed by atoms with Crippen LogP contribution in [0.15, 0.2) is 55.1 Å². The third-order valence-corrected chi connectivity index (χ3v) is 3.63. The molecule has 0 unspecified atom stereocenters. The molecule has 0 radical (unpaired) electrons. The number of hydrogen-bond acceptors (Lipinski definition) is 4. The summed E-state index contributed by atoms with van der Waals surface area (Å²) in [6.07, 6.45) is 2.02. The largest absolute Gasteiger partial charge is 0.483 e. The number of benzene rings is 2. The highest BCUT2D eigenvalue weighted by Gasteiger charge is 2.12. The standard InChI is InChI=1S/C18H17ClN2O4/c1-2-3-14-10-16(21(23)24)8-9-17(14)25-12-18(22)20-11-13-4-6-15(19)7-5-13/h2,4-10H,1,3,11-12H2,(H,20,22). The van der Waals surface area contributed by atoms with E-state index in [2.05, 4.69) is 11.9 Å². The van der Waals surface area contributed by atoms with Crippen molar-refractivity contribution in [1.82, 2.24) is 5.32 Å². The number of ether oxygens (including phenoxy) is 1. The molecule has 0 spiro atoms. The van der Waals surface area contributed by atoms with Gasteiger partial charge in [-0.15, -0.1) is 6.58 Å². The number of nitrogens with one attached hydrogen (secondary N) is 1. The Kier molecular flexibility index (Phi) is 6.54. The second-order valence-electron chi connectivity index (χ2n) is 5.23. The molecule has 0 saturated heterocycles. The summed E-state index contributed by atoms with van der Waals surface area (Å²) in [4.78, 5) is 22.3. The van der Waals surface area contributed by atoms with Crippen LogP contribution in [0.5, 0.6) is 5.75 Å². The minimum absolute atomic E-state index is 0.0311. The fourth-order valence-electron chi connectivity index (χ4n) is 2.13. The molecule has 2 aromatic carbocycles. The van der Waals surface area contributed by atoms with Crippen molar-refractivity contribution in [3.63, 3.8) is 0 Å². The number of rotatable bonds is 8. The van der Waals surface area contributed by atoms with Crippen LogP contribution < -0.4 is 10.1 Å². The van der Waals surface area contributed by atoms with Crippen molar-refractivity contribution in [3.8, 4) is 5.75 Å². The molecular weight excluding hydrogens is 344 g/mol. The van der Waals surface area contributed by atoms with Crippen molar-refractivity contribution in [1.29, 1.82) is 0 Å². The molecule has 7 heteroatoms. The lowest BCUT2D eigenvalue weighted by molar-refractivity contribution is -0.384. The van der Waals surface area contributed by atoms with Gasteiger partial charge in [0.2, 0.25) is 0 Å². The number of nitrogens with zero attached hydrogens (tertiary/aromatic N) is 1. The van der Waals surface area contributed by atoms with Gasteiger partial charge in [0.25, 0.3) is 11.6 Å². The number of non-ortho nitro benzene ring substituents is 1. The van der Waals surface area contributed by atoms with Crippen molar-refractivity contribution in [3.05, 3.63) is 81.4 Å². The van der Waals surface area contributed by atoms with Gasteiger partial charge in [-0.25, -0.2) is 0 Å². The summed E-state index contributed by atoms with van der Waals surface area (Å²) in [6, 6.07) is 11.4. The Morgan fingerprint density at radius 1 is 1.28 bits per heavy atom. The molecule has 25 heavy (non-hydrogen) atoms. The predicted molar refractivity (Wildman–Crippen MR) is 95.8 cm³/mol. The van der Waals surface area contributed by atoms with E-state index >= 15 is 0 Å². The maximum atomic E-state index is 11.9. The molecule has 2 rings (SSSR count). The van der Waals surface area contributed by atoms with Crippen molar-refractivity contribution >= 4 is 23.2 Å². The van der Waals surface area contributed by atoms with Gasteiger partial charge in [0.05, 0.1) is 4.92 Å². The molecule has 2 aromatic rings. The monoisotopic (exact) mass is 360 g/mol. The van der Waals surface area contributed by atoms with Gasteiger partial charge in [-0.2, -0.15) is 0 Å². The van der Waals surface area contributed by atoms with Gasteiger partial charge in [-0.3, -0.25) is 14.9 Å². The van der Waals surface area contributed by atoms with Crippen molar-refractivity contribution in [2.75, 3.05) is 6.61 Å². The number of allylic oxidation sites excluding steroid dienone is 1. The van der Waals surface area contributed by atoms with Crippen LogP contribution in [0.1, 0.15) is 11.1 Å². The van der Waals surface area contributed by atoms with E-state index in [1.807, 2.05) is 12.1 Å². The first-order chi connectivity index (χ1) is 12.0. The highest BCUT2D eigenvalue weighted by Crippen LogP contribution is 2.25. The first-order valence-corrected chi connectivity index (χ1v) is 7.89. The third-order valence-electron chi connectivity index (χ3n) is 3.38. The summed E-state index contributed by atoms with van der Waals surface area (Å²) >= 11 is 5.81. The fraction of sp³-hybridized carbons (Fsp3) is 0.167. The number of carbonyl (C=O) groups excluding carboxylic acids is 1. The zero-order chi connectivity index (χ0) is 18.2. The molecule has 0 aliphatic rings. The van der Waals surface area contributed by atoms with Gasteiger partial charge in [0.15, 0.2) is 6.61 Å². The summed E-state index contributed by atoms with van der Waals surface area (Å²) in [5.41, 5.74) is 1.49. The Balaban J connectivity index is 1.93. The van der Waals surface area contributed by atoms with E-state index in [9.17, 15) is 14.9 Å². The van der Waals surface area contributed by atoms with E-state index in [0.29, 0.717) is 29.3 Å². The molecule has 0 bridgehead atoms. The molecular formula is C18H17ClN2O4. The van der Waals surface area contributed by atoms with Crippen molar-refractivity contribution in [2.45, 2.75) is 13.0 Å². The molecule has 0 saturated carbocycles. The first-order valence-electron chi connectivity index (χ1n) is 7.51. The number of amides is 1. The van der Waals surface area contributed by atoms with E-state index < -0.39 is 4.92 Å². The second-order valence-corrected chi connectivity index (χ2v) is 5.67. The molecule has 0 aliphatic heterocycles. The summed E-state index contributed by atoms with van der Waals surface area (Å²) in [7, 11) is 0. The van der Waals surface area contributed by atoms with Crippen molar-refractivity contribution < 1.29 is 14.5 Å². The highest BCUT2D eigenvalue weighted by molar-refractivity contribution is 6.30. The van der Waals surface area contributed by atoms with Gasteiger partial charge in [0.1, 0.15) is 5.75 Å². The average molecular weight is 361 g/mol. The number of nitro groups is 1. The SMILES string of the molecule is C=CCc1cc([N+](=O)[O-])ccc1OCC(=O)NCc1ccc(Cl)cc1. The van der Waals surface area contributed by atoms with Crippen LogP contribution in [-0.4, -0.2) is 17.4 Å². The molecule has 6 nitrogen and oxygen atoms in total. The van der Waals surface area contributed by atoms with Crippen molar-refractivity contribution in [2.24, 2.45) is 0 Å². The van der Waals surface area contributed by atoms with E-state index in [1.165, 1.54) is 18.2 Å². The smallest absolute Gasteiger partial charge is 0.269 e. The van der Waals surface area contributed by atoms with Crippen LogP contribution in [-0.2, 0) is 17.8 Å². The lowest BCUT2D eigenvalue weighted by Gasteiger charge is -2.11. The van der Waals surface area contributed by atoms with E-state index in [0.717, 1.165) is 5.56 Å². The lowest BCUT2D eigenvalue weighted by atomic mass is 10.1. The molecule has 0 heterocycles. The molecule has 1 amide bonds. The molecule has 0 aromatic heterocycles. The van der Waals surface area contributed by atoms with E-state index in [-0.39, 0.29) is 18.2 Å². The topological polar surface area (TPSA) is 81.5 Å². The molecule has 0 aliphatic carbocycles. The Labute approximate surface area is 150 Å². The van der Waals surface area contributed by atoms with Gasteiger partial charge in [0, 0.05) is 29.3 Å². The minimum Gasteiger partial charge on any atom is -0.483 e. The zero-order valence-corrected chi connectivity index (χ0v) is 14.2. The van der Waals surface area contributed by atoms with Crippen LogP contribution in [0, 0.1) is 10.1 Å². The van der Waals surface area contributed by atoms with Crippen LogP contribution in [0.4, 0.5) is 5.69 Å². The number of hydrogen-bond donors (Lipinski definition) is 1. The molecule has 130 valence electrons. The normalized spacial score (nSPS) is 10.1. The van der Waals surface area contributed by atoms with Gasteiger partial charge >= 0.3 is 0 Å². The quantitative estimate of drug-likeness (QED) is 0.442. The number of carbonyl (C=O) groups is 1. The summed E-state index contributed by atoms with van der Waals surface area (Å²) in [6.45, 7) is 3.80. The summed E-state index contributed by atoms with van der Waals surface area (Å²) in [5, 5.41) is 14.2. The molecule has 0 fully saturated rings. The fourth-order valence-corrected chi connectivity index (χ4v) is 2.26. The van der Waals surface area contributed by atoms with Crippen LogP contribution in [0.3, 0.4) is 0 Å². The summed E-state index contributed by atoms with van der Waals surface area (Å²) < 4.78 is 5.49. The Bertz CT molecular complexity index is 775. The highest BCUT2D eigenvalue weighted by atomic mass is 35.5. The third kappa shape index (κ3) is 5.61. The predicted octanol–water partition coefficient (Wildman–Crippen LogP) is 3.67. The van der Waals surface area contributed by atoms with E-state index in [1.54, 1.807) is 18.2 Å². The van der Waals surface area contributed by atoms with Crippen LogP contribution >= 0.6 is 11.6 Å². The lowest BCUT2D eigenvalue weighted by Crippen LogP contribution is -2.28. The van der Waals surface area contributed by atoms with Crippen LogP contribution in [0.25, 0.3) is 0 Å². The summed E-state index contributed by atoms with van der Waals surface area (Å²) in [5.74, 6) is 0.130. The maximum absolute atomic E-state index is 11.9. The zero-order valence-electron chi connectivity index (χ0n) is 13.4. The Morgan fingerprint density at radius 3 is 2.64 bits per heavy atom. The maximum Gasteiger partial charge on any atom is 0.269 e. The van der Waals surface area contributed by atoms with Gasteiger partial charge < -0.3 is 10.1 Å². The Morgan fingerprint density at radius 2 is 2.00 bits per heavy atom. The minimum atomic E-state index is -0.477. The van der Waals surface area contributed by atoms with Crippen LogP contribution in [0.2, 0.25) is 5.02 Å². The average Bonchev–Trinajstić information content (AvgIpc) is 2.60. The van der Waals surface area contributed by atoms with Gasteiger partial charge in [-0.05, 0) is 30.2 Å². The second kappa shape index (κ2) is 8.84. The van der Waals surface area contributed by atoms with E-state index in [4.69, 9.17) is 16.3 Å².